The second-order valence-electron chi connectivity index (χ2n) is 7.73. The summed E-state index contributed by atoms with van der Waals surface area (Å²) in [7, 11) is -3.82. The van der Waals surface area contributed by atoms with Gasteiger partial charge < -0.3 is 20.4 Å². The Hall–Kier alpha value is -3.98. The van der Waals surface area contributed by atoms with Crippen LogP contribution in [-0.2, 0) is 19.6 Å². The number of carbonyl (C=O) groups is 2. The van der Waals surface area contributed by atoms with Crippen LogP contribution in [0, 0.1) is 12.3 Å². The Morgan fingerprint density at radius 3 is 2.63 bits per heavy atom. The second-order valence-corrected chi connectivity index (χ2v) is 9.67. The van der Waals surface area contributed by atoms with Crippen molar-refractivity contribution in [3.8, 4) is 12.3 Å². The first kappa shape index (κ1) is 24.2. The summed E-state index contributed by atoms with van der Waals surface area (Å²) in [6.07, 6.45) is 5.36. The third kappa shape index (κ3) is 5.41. The number of hydrogen-bond donors (Lipinski definition) is 3. The van der Waals surface area contributed by atoms with Gasteiger partial charge in [-0.2, -0.15) is 4.31 Å². The molecule has 35 heavy (non-hydrogen) atoms. The van der Waals surface area contributed by atoms with Gasteiger partial charge in [0, 0.05) is 41.3 Å². The number of H-pyrrole nitrogens is 1. The molecule has 1 aromatic heterocycles. The molecule has 4 rings (SSSR count). The summed E-state index contributed by atoms with van der Waals surface area (Å²) in [5.41, 5.74) is 0.759. The van der Waals surface area contributed by atoms with Crippen LogP contribution in [-0.4, -0.2) is 62.4 Å². The Bertz CT molecular complexity index is 1500. The molecule has 2 amide bonds. The van der Waals surface area contributed by atoms with E-state index in [9.17, 15) is 22.8 Å². The van der Waals surface area contributed by atoms with Gasteiger partial charge in [0.15, 0.2) is 0 Å². The SMILES string of the molecule is C#Cc1cccc(NC(=O)CNC(=O)c2cc(=O)[nH]c3ccc(S(=O)(=O)N4CCOCC4)cc23)c1. The molecular formula is C24H22N4O6S. The average molecular weight is 495 g/mol. The molecule has 1 aliphatic heterocycles. The van der Waals surface area contributed by atoms with E-state index in [0.717, 1.165) is 6.07 Å². The molecule has 0 unspecified atom stereocenters. The minimum atomic E-state index is -3.82. The number of aromatic nitrogens is 1. The Kier molecular flexibility index (Phi) is 6.97. The van der Waals surface area contributed by atoms with E-state index in [0.29, 0.717) is 30.0 Å². The van der Waals surface area contributed by atoms with Crippen LogP contribution in [0.2, 0.25) is 0 Å². The largest absolute Gasteiger partial charge is 0.379 e. The zero-order valence-corrected chi connectivity index (χ0v) is 19.4. The van der Waals surface area contributed by atoms with Crippen LogP contribution in [0.15, 0.2) is 58.2 Å². The first-order chi connectivity index (χ1) is 16.8. The van der Waals surface area contributed by atoms with Crippen molar-refractivity contribution in [3.05, 3.63) is 70.0 Å². The Balaban J connectivity index is 1.56. The third-order valence-corrected chi connectivity index (χ3v) is 7.28. The van der Waals surface area contributed by atoms with E-state index in [1.54, 1.807) is 24.3 Å². The number of amides is 2. The van der Waals surface area contributed by atoms with Crippen LogP contribution >= 0.6 is 0 Å². The Morgan fingerprint density at radius 2 is 1.89 bits per heavy atom. The number of aromatic amines is 1. The predicted octanol–water partition coefficient (Wildman–Crippen LogP) is 0.899. The summed E-state index contributed by atoms with van der Waals surface area (Å²) < 4.78 is 32.6. The number of sulfonamides is 1. The van der Waals surface area contributed by atoms with Gasteiger partial charge in [-0.25, -0.2) is 8.42 Å². The topological polar surface area (TPSA) is 138 Å². The standard InChI is InChI=1S/C24H22N4O6S/c1-2-16-4-3-5-17(12-16)26-23(30)15-25-24(31)20-14-22(29)27-21-7-6-18(13-19(20)21)35(32,33)28-8-10-34-11-9-28/h1,3-7,12-14H,8-11,15H2,(H,25,31)(H,26,30)(H,27,29). The highest BCUT2D eigenvalue weighted by molar-refractivity contribution is 7.89. The van der Waals surface area contributed by atoms with Gasteiger partial charge in [-0.15, -0.1) is 6.42 Å². The molecule has 1 aliphatic rings. The first-order valence-corrected chi connectivity index (χ1v) is 12.1. The molecule has 1 fully saturated rings. The highest BCUT2D eigenvalue weighted by Crippen LogP contribution is 2.23. The fraction of sp³-hybridized carbons (Fsp3) is 0.208. The maximum Gasteiger partial charge on any atom is 0.252 e. The molecule has 0 atom stereocenters. The molecule has 0 bridgehead atoms. The van der Waals surface area contributed by atoms with Crippen molar-refractivity contribution < 1.29 is 22.7 Å². The number of nitrogens with zero attached hydrogens (tertiary/aromatic N) is 1. The lowest BCUT2D eigenvalue weighted by molar-refractivity contribution is -0.115. The van der Waals surface area contributed by atoms with Crippen molar-refractivity contribution in [2.24, 2.45) is 0 Å². The van der Waals surface area contributed by atoms with Crippen molar-refractivity contribution in [3.63, 3.8) is 0 Å². The molecule has 11 heteroatoms. The zero-order chi connectivity index (χ0) is 25.0. The van der Waals surface area contributed by atoms with Crippen molar-refractivity contribution in [1.29, 1.82) is 0 Å². The molecule has 0 radical (unpaired) electrons. The number of fused-ring (bicyclic) bond motifs is 1. The maximum absolute atomic E-state index is 13.0. The third-order valence-electron chi connectivity index (χ3n) is 5.39. The number of anilines is 1. The summed E-state index contributed by atoms with van der Waals surface area (Å²) in [5.74, 6) is 1.26. The first-order valence-electron chi connectivity index (χ1n) is 10.7. The van der Waals surface area contributed by atoms with E-state index in [-0.39, 0.29) is 35.5 Å². The van der Waals surface area contributed by atoms with Gasteiger partial charge in [-0.3, -0.25) is 14.4 Å². The number of benzene rings is 2. The highest BCUT2D eigenvalue weighted by atomic mass is 32.2. The summed E-state index contributed by atoms with van der Waals surface area (Å²) in [6, 6.07) is 11.9. The fourth-order valence-electron chi connectivity index (χ4n) is 3.66. The monoisotopic (exact) mass is 494 g/mol. The van der Waals surface area contributed by atoms with Gasteiger partial charge in [0.05, 0.1) is 30.2 Å². The minimum Gasteiger partial charge on any atom is -0.379 e. The molecular weight excluding hydrogens is 472 g/mol. The Labute approximate surface area is 201 Å². The van der Waals surface area contributed by atoms with Crippen molar-refractivity contribution in [2.75, 3.05) is 38.2 Å². The maximum atomic E-state index is 13.0. The molecule has 3 aromatic rings. The lowest BCUT2D eigenvalue weighted by atomic mass is 10.1. The highest BCUT2D eigenvalue weighted by Gasteiger charge is 2.27. The second kappa shape index (κ2) is 10.1. The molecule has 0 aliphatic carbocycles. The van der Waals surface area contributed by atoms with E-state index < -0.39 is 27.4 Å². The number of pyridine rings is 1. The average Bonchev–Trinajstić information content (AvgIpc) is 2.87. The van der Waals surface area contributed by atoms with Crippen molar-refractivity contribution in [2.45, 2.75) is 4.90 Å². The molecule has 2 aromatic carbocycles. The van der Waals surface area contributed by atoms with Crippen LogP contribution in [0.25, 0.3) is 10.9 Å². The molecule has 1 saturated heterocycles. The summed E-state index contributed by atoms with van der Waals surface area (Å²) in [4.78, 5) is 39.9. The van der Waals surface area contributed by atoms with Crippen molar-refractivity contribution in [1.82, 2.24) is 14.6 Å². The number of morpholine rings is 1. The number of carbonyl (C=O) groups excluding carboxylic acids is 2. The fourth-order valence-corrected chi connectivity index (χ4v) is 5.10. The van der Waals surface area contributed by atoms with Gasteiger partial charge in [0.25, 0.3) is 5.91 Å². The van der Waals surface area contributed by atoms with Crippen LogP contribution in [0.5, 0.6) is 0 Å². The number of rotatable bonds is 6. The van der Waals surface area contributed by atoms with Crippen molar-refractivity contribution >= 4 is 38.4 Å². The molecule has 2 heterocycles. The zero-order valence-electron chi connectivity index (χ0n) is 18.5. The predicted molar refractivity (Wildman–Crippen MR) is 129 cm³/mol. The van der Waals surface area contributed by atoms with Crippen LogP contribution < -0.4 is 16.2 Å². The normalized spacial score (nSPS) is 14.3. The summed E-state index contributed by atoms with van der Waals surface area (Å²) in [6.45, 7) is 0.655. The molecule has 180 valence electrons. The minimum absolute atomic E-state index is 0.0147. The lowest BCUT2D eigenvalue weighted by Crippen LogP contribution is -2.40. The molecule has 3 N–H and O–H groups in total. The lowest BCUT2D eigenvalue weighted by Gasteiger charge is -2.26. The summed E-state index contributed by atoms with van der Waals surface area (Å²) >= 11 is 0. The van der Waals surface area contributed by atoms with Gasteiger partial charge >= 0.3 is 0 Å². The number of hydrogen-bond acceptors (Lipinski definition) is 6. The van der Waals surface area contributed by atoms with E-state index in [2.05, 4.69) is 21.5 Å². The van der Waals surface area contributed by atoms with E-state index in [1.165, 1.54) is 22.5 Å². The van der Waals surface area contributed by atoms with Crippen LogP contribution in [0.1, 0.15) is 15.9 Å². The number of nitrogens with one attached hydrogen (secondary N) is 3. The molecule has 0 spiro atoms. The summed E-state index contributed by atoms with van der Waals surface area (Å²) in [5, 5.41) is 5.33. The number of ether oxygens (including phenoxy) is 1. The van der Waals surface area contributed by atoms with E-state index >= 15 is 0 Å². The smallest absolute Gasteiger partial charge is 0.252 e. The number of terminal acetylenes is 1. The van der Waals surface area contributed by atoms with Crippen LogP contribution in [0.4, 0.5) is 5.69 Å². The Morgan fingerprint density at radius 1 is 1.11 bits per heavy atom. The van der Waals surface area contributed by atoms with Crippen LogP contribution in [0.3, 0.4) is 0 Å². The van der Waals surface area contributed by atoms with E-state index in [4.69, 9.17) is 11.2 Å². The van der Waals surface area contributed by atoms with Gasteiger partial charge in [-0.05, 0) is 36.4 Å². The quantitative estimate of drug-likeness (QED) is 0.436. The van der Waals surface area contributed by atoms with E-state index in [1.807, 2.05) is 0 Å². The molecule has 0 saturated carbocycles. The van der Waals surface area contributed by atoms with Gasteiger partial charge in [0.1, 0.15) is 0 Å². The van der Waals surface area contributed by atoms with Gasteiger partial charge in [-0.1, -0.05) is 12.0 Å². The molecule has 10 nitrogen and oxygen atoms in total. The van der Waals surface area contributed by atoms with Gasteiger partial charge in [0.2, 0.25) is 21.5 Å².